The van der Waals surface area contributed by atoms with Gasteiger partial charge in [0.1, 0.15) is 5.82 Å². The molecular formula is C31H44FN5O2. The van der Waals surface area contributed by atoms with Crippen LogP contribution in [0.5, 0.6) is 0 Å². The van der Waals surface area contributed by atoms with Crippen LogP contribution in [0.25, 0.3) is 0 Å². The fraction of sp³-hybridized carbons (Fsp3) is 0.613. The lowest BCUT2D eigenvalue weighted by molar-refractivity contribution is -0.121. The van der Waals surface area contributed by atoms with Crippen molar-refractivity contribution >= 4 is 11.6 Å². The third-order valence-corrected chi connectivity index (χ3v) is 8.75. The van der Waals surface area contributed by atoms with Gasteiger partial charge in [-0.15, -0.1) is 0 Å². The summed E-state index contributed by atoms with van der Waals surface area (Å²) in [6.07, 6.45) is 2.57. The molecule has 0 aliphatic carbocycles. The molecule has 39 heavy (non-hydrogen) atoms. The smallest absolute Gasteiger partial charge is 0.241 e. The number of benzene rings is 1. The van der Waals surface area contributed by atoms with Gasteiger partial charge in [-0.2, -0.15) is 0 Å². The van der Waals surface area contributed by atoms with Gasteiger partial charge in [0.2, 0.25) is 5.91 Å². The molecule has 3 aliphatic heterocycles. The Morgan fingerprint density at radius 2 is 1.92 bits per heavy atom. The number of aryl methyl sites for hydroxylation is 1. The predicted molar refractivity (Wildman–Crippen MR) is 153 cm³/mol. The average Bonchev–Trinajstić information content (AvgIpc) is 3.14. The number of morpholine rings is 1. The van der Waals surface area contributed by atoms with Gasteiger partial charge in [0.05, 0.1) is 31.1 Å². The summed E-state index contributed by atoms with van der Waals surface area (Å²) in [6.45, 7) is 18.1. The molecular weight excluding hydrogens is 493 g/mol. The maximum Gasteiger partial charge on any atom is 0.241 e. The lowest BCUT2D eigenvalue weighted by Gasteiger charge is -2.46. The van der Waals surface area contributed by atoms with Crippen LogP contribution in [0.1, 0.15) is 57.0 Å². The van der Waals surface area contributed by atoms with E-state index < -0.39 is 0 Å². The normalized spacial score (nSPS) is 27.5. The molecule has 1 aromatic heterocycles. The van der Waals surface area contributed by atoms with Crippen molar-refractivity contribution < 1.29 is 13.9 Å². The number of carbonyl (C=O) groups is 1. The average molecular weight is 538 g/mol. The second kappa shape index (κ2) is 11.2. The zero-order chi connectivity index (χ0) is 27.9. The monoisotopic (exact) mass is 537 g/mol. The zero-order valence-electron chi connectivity index (χ0n) is 24.3. The van der Waals surface area contributed by atoms with Gasteiger partial charge in [0.25, 0.3) is 0 Å². The van der Waals surface area contributed by atoms with Gasteiger partial charge in [-0.1, -0.05) is 19.9 Å². The number of amides is 1. The van der Waals surface area contributed by atoms with E-state index in [1.165, 1.54) is 6.07 Å². The highest BCUT2D eigenvalue weighted by Crippen LogP contribution is 2.40. The van der Waals surface area contributed by atoms with Crippen molar-refractivity contribution in [1.29, 1.82) is 0 Å². The highest BCUT2D eigenvalue weighted by atomic mass is 19.1. The highest BCUT2D eigenvalue weighted by Gasteiger charge is 2.41. The molecule has 4 heterocycles. The van der Waals surface area contributed by atoms with Crippen LogP contribution < -0.4 is 10.2 Å². The van der Waals surface area contributed by atoms with Crippen LogP contribution >= 0.6 is 0 Å². The molecule has 212 valence electrons. The Morgan fingerprint density at radius 1 is 1.18 bits per heavy atom. The molecule has 0 bridgehead atoms. The number of pyridine rings is 1. The summed E-state index contributed by atoms with van der Waals surface area (Å²) < 4.78 is 19.4. The Labute approximate surface area is 232 Å². The van der Waals surface area contributed by atoms with E-state index in [1.54, 1.807) is 6.07 Å². The molecule has 5 rings (SSSR count). The summed E-state index contributed by atoms with van der Waals surface area (Å²) in [4.78, 5) is 25.7. The first-order valence-electron chi connectivity index (χ1n) is 14.4. The lowest BCUT2D eigenvalue weighted by atomic mass is 9.91. The second-order valence-electron chi connectivity index (χ2n) is 12.6. The largest absolute Gasteiger partial charge is 0.378 e. The van der Waals surface area contributed by atoms with Gasteiger partial charge in [0, 0.05) is 62.0 Å². The van der Waals surface area contributed by atoms with Crippen LogP contribution in [0.3, 0.4) is 0 Å². The number of hydrogen-bond acceptors (Lipinski definition) is 6. The first kappa shape index (κ1) is 28.1. The number of ether oxygens (including phenoxy) is 1. The van der Waals surface area contributed by atoms with Gasteiger partial charge in [0.15, 0.2) is 0 Å². The van der Waals surface area contributed by atoms with E-state index in [4.69, 9.17) is 9.72 Å². The maximum absolute atomic E-state index is 14.0. The summed E-state index contributed by atoms with van der Waals surface area (Å²) in [5.41, 5.74) is 4.69. The van der Waals surface area contributed by atoms with Crippen molar-refractivity contribution in [3.05, 3.63) is 58.7 Å². The molecule has 4 atom stereocenters. The van der Waals surface area contributed by atoms with Gasteiger partial charge >= 0.3 is 0 Å². The molecule has 3 aliphatic rings. The summed E-state index contributed by atoms with van der Waals surface area (Å²) in [5, 5.41) is 3.63. The predicted octanol–water partition coefficient (Wildman–Crippen LogP) is 3.52. The molecule has 8 heteroatoms. The highest BCUT2D eigenvalue weighted by molar-refractivity contribution is 5.97. The summed E-state index contributed by atoms with van der Waals surface area (Å²) in [6, 6.07) is 8.36. The topological polar surface area (TPSA) is 60.9 Å². The number of fused-ring (bicyclic) bond motifs is 1. The van der Waals surface area contributed by atoms with Gasteiger partial charge in [-0.3, -0.25) is 19.6 Å². The number of carbonyl (C=O) groups excluding carboxylic acids is 1. The van der Waals surface area contributed by atoms with E-state index in [0.717, 1.165) is 60.9 Å². The summed E-state index contributed by atoms with van der Waals surface area (Å²) >= 11 is 0. The summed E-state index contributed by atoms with van der Waals surface area (Å²) in [7, 11) is 0. The van der Waals surface area contributed by atoms with Crippen molar-refractivity contribution in [2.45, 2.75) is 77.5 Å². The van der Waals surface area contributed by atoms with E-state index in [1.807, 2.05) is 24.1 Å². The minimum Gasteiger partial charge on any atom is -0.378 e. The standard InChI is InChI=1S/C31H44FN5O2/c1-20-9-26(32)8-7-25(20)10-24-11-28-30(34-12-24)31(5,6)19-37(28)29(38)16-35-14-21(2)33-13-27(35)15-36-22(3)17-39-18-23(36)4/h7-9,11-12,21-23,27,33H,10,13-19H2,1-6H3/t21-,22-,23-,27-/m1/s1. The molecule has 0 spiro atoms. The van der Waals surface area contributed by atoms with E-state index in [-0.39, 0.29) is 23.2 Å². The van der Waals surface area contributed by atoms with Crippen LogP contribution in [0, 0.1) is 12.7 Å². The molecule has 1 amide bonds. The van der Waals surface area contributed by atoms with Crippen LogP contribution in [0.2, 0.25) is 0 Å². The van der Waals surface area contributed by atoms with Crippen molar-refractivity contribution in [2.75, 3.05) is 50.8 Å². The van der Waals surface area contributed by atoms with Crippen LogP contribution in [-0.2, 0) is 21.4 Å². The van der Waals surface area contributed by atoms with Crippen molar-refractivity contribution in [3.63, 3.8) is 0 Å². The SMILES string of the molecule is Cc1cc(F)ccc1Cc1cnc2c(c1)N(C(=O)CN1C[C@@H](C)NC[C@@H]1CN1[C@H](C)COC[C@H]1C)CC2(C)C. The Morgan fingerprint density at radius 3 is 2.64 bits per heavy atom. The van der Waals surface area contributed by atoms with Gasteiger partial charge in [-0.25, -0.2) is 4.39 Å². The van der Waals surface area contributed by atoms with E-state index in [0.29, 0.717) is 37.6 Å². The Hall–Kier alpha value is -2.39. The molecule has 0 unspecified atom stereocenters. The number of nitrogens with one attached hydrogen (secondary N) is 1. The van der Waals surface area contributed by atoms with Gasteiger partial charge < -0.3 is 15.0 Å². The fourth-order valence-electron chi connectivity index (χ4n) is 6.48. The Kier molecular flexibility index (Phi) is 8.11. The molecule has 1 aromatic carbocycles. The molecule has 2 fully saturated rings. The third-order valence-electron chi connectivity index (χ3n) is 8.75. The van der Waals surface area contributed by atoms with Crippen LogP contribution in [0.4, 0.5) is 10.1 Å². The number of nitrogens with zero attached hydrogens (tertiary/aromatic N) is 4. The molecule has 2 aromatic rings. The molecule has 1 N–H and O–H groups in total. The number of piperazine rings is 1. The Balaban J connectivity index is 1.34. The first-order chi connectivity index (χ1) is 18.5. The molecule has 7 nitrogen and oxygen atoms in total. The first-order valence-corrected chi connectivity index (χ1v) is 14.4. The van der Waals surface area contributed by atoms with Crippen LogP contribution in [0.15, 0.2) is 30.5 Å². The molecule has 2 saturated heterocycles. The minimum absolute atomic E-state index is 0.126. The van der Waals surface area contributed by atoms with E-state index >= 15 is 0 Å². The Bertz CT molecular complexity index is 1190. The number of hydrogen-bond donors (Lipinski definition) is 1. The summed E-state index contributed by atoms with van der Waals surface area (Å²) in [5.74, 6) is -0.0965. The van der Waals surface area contributed by atoms with Crippen molar-refractivity contribution in [1.82, 2.24) is 20.1 Å². The minimum atomic E-state index is -0.222. The van der Waals surface area contributed by atoms with E-state index in [2.05, 4.69) is 55.8 Å². The van der Waals surface area contributed by atoms with E-state index in [9.17, 15) is 9.18 Å². The molecule has 0 radical (unpaired) electrons. The van der Waals surface area contributed by atoms with Gasteiger partial charge in [-0.05, 0) is 69.0 Å². The third kappa shape index (κ3) is 6.04. The molecule has 0 saturated carbocycles. The zero-order valence-corrected chi connectivity index (χ0v) is 24.3. The lowest BCUT2D eigenvalue weighted by Crippen LogP contribution is -2.63. The van der Waals surface area contributed by atoms with Crippen molar-refractivity contribution in [2.24, 2.45) is 0 Å². The number of aromatic nitrogens is 1. The number of rotatable bonds is 6. The van der Waals surface area contributed by atoms with Crippen LogP contribution in [-0.4, -0.2) is 90.8 Å². The maximum atomic E-state index is 14.0. The quantitative estimate of drug-likeness (QED) is 0.609. The fourth-order valence-corrected chi connectivity index (χ4v) is 6.48. The number of halogens is 1. The number of anilines is 1. The second-order valence-corrected chi connectivity index (χ2v) is 12.6. The van der Waals surface area contributed by atoms with Crippen molar-refractivity contribution in [3.8, 4) is 0 Å².